The maximum absolute atomic E-state index is 12.0. The van der Waals surface area contributed by atoms with Gasteiger partial charge >= 0.3 is 12.0 Å². The van der Waals surface area contributed by atoms with Crippen LogP contribution in [0.4, 0.5) is 4.79 Å². The molecule has 5 nitrogen and oxygen atoms in total. The number of rotatable bonds is 5. The minimum Gasteiger partial charge on any atom is -0.480 e. The van der Waals surface area contributed by atoms with E-state index in [2.05, 4.69) is 5.32 Å². The zero-order chi connectivity index (χ0) is 14.6. The first kappa shape index (κ1) is 15.8. The summed E-state index contributed by atoms with van der Waals surface area (Å²) in [5, 5.41) is 11.8. The minimum absolute atomic E-state index is 0.316. The first-order valence-corrected chi connectivity index (χ1v) is 7.01. The van der Waals surface area contributed by atoms with E-state index in [0.717, 1.165) is 4.88 Å². The minimum atomic E-state index is -1.24. The van der Waals surface area contributed by atoms with Crippen molar-refractivity contribution in [2.45, 2.75) is 32.9 Å². The molecule has 0 saturated carbocycles. The van der Waals surface area contributed by atoms with Gasteiger partial charge in [0.2, 0.25) is 0 Å². The number of carbonyl (C=O) groups is 2. The smallest absolute Gasteiger partial charge is 0.329 e. The van der Waals surface area contributed by atoms with E-state index < -0.39 is 17.5 Å². The van der Waals surface area contributed by atoms with Gasteiger partial charge in [0.1, 0.15) is 5.54 Å². The number of aliphatic carboxylic acids is 1. The van der Waals surface area contributed by atoms with Crippen molar-refractivity contribution in [1.29, 1.82) is 0 Å². The monoisotopic (exact) mass is 304 g/mol. The number of hydrogen-bond donors (Lipinski definition) is 2. The van der Waals surface area contributed by atoms with Gasteiger partial charge in [0.15, 0.2) is 0 Å². The van der Waals surface area contributed by atoms with Crippen molar-refractivity contribution in [3.8, 4) is 0 Å². The molecular formula is C12H17ClN2O3S. The first-order valence-electron chi connectivity index (χ1n) is 5.82. The van der Waals surface area contributed by atoms with Gasteiger partial charge in [-0.1, -0.05) is 11.6 Å². The molecule has 2 N–H and O–H groups in total. The summed E-state index contributed by atoms with van der Waals surface area (Å²) in [7, 11) is 0. The molecule has 0 fully saturated rings. The Bertz CT molecular complexity index is 473. The van der Waals surface area contributed by atoms with Crippen LogP contribution in [0.25, 0.3) is 0 Å². The third kappa shape index (κ3) is 3.84. The maximum Gasteiger partial charge on any atom is 0.329 e. The molecule has 0 aliphatic carbocycles. The average molecular weight is 305 g/mol. The number of halogens is 1. The highest BCUT2D eigenvalue weighted by Gasteiger charge is 2.36. The highest BCUT2D eigenvalue weighted by Crippen LogP contribution is 2.21. The van der Waals surface area contributed by atoms with Crippen molar-refractivity contribution in [3.05, 3.63) is 21.3 Å². The van der Waals surface area contributed by atoms with Crippen LogP contribution < -0.4 is 5.32 Å². The molecule has 0 unspecified atom stereocenters. The molecule has 2 amide bonds. The van der Waals surface area contributed by atoms with Gasteiger partial charge in [0, 0.05) is 11.4 Å². The number of hydrogen-bond acceptors (Lipinski definition) is 3. The molecule has 0 aliphatic heterocycles. The normalized spacial score (nSPS) is 11.2. The summed E-state index contributed by atoms with van der Waals surface area (Å²) in [6.07, 6.45) is 0. The maximum atomic E-state index is 12.0. The number of likely N-dealkylation sites (N-methyl/N-ethyl adjacent to an activating group) is 1. The van der Waals surface area contributed by atoms with E-state index in [1.165, 1.54) is 30.1 Å². The van der Waals surface area contributed by atoms with Crippen LogP contribution in [-0.4, -0.2) is 34.1 Å². The fourth-order valence-electron chi connectivity index (χ4n) is 1.61. The molecule has 1 aromatic rings. The van der Waals surface area contributed by atoms with Crippen molar-refractivity contribution in [2.24, 2.45) is 0 Å². The molecule has 0 aromatic carbocycles. The SMILES string of the molecule is CCN(C(=O)NCc1ccc(Cl)s1)C(C)(C)C(=O)O. The lowest BCUT2D eigenvalue weighted by atomic mass is 10.0. The number of carbonyl (C=O) groups excluding carboxylic acids is 1. The Morgan fingerprint density at radius 1 is 1.47 bits per heavy atom. The molecule has 0 spiro atoms. The third-order valence-corrected chi connectivity index (χ3v) is 4.03. The fraction of sp³-hybridized carbons (Fsp3) is 0.500. The molecule has 1 heterocycles. The number of nitrogens with zero attached hydrogens (tertiary/aromatic N) is 1. The second-order valence-electron chi connectivity index (χ2n) is 4.47. The summed E-state index contributed by atoms with van der Waals surface area (Å²) in [5.74, 6) is -1.04. The number of nitrogens with one attached hydrogen (secondary N) is 1. The Balaban J connectivity index is 2.67. The number of thiophene rings is 1. The van der Waals surface area contributed by atoms with Gasteiger partial charge in [-0.05, 0) is 32.9 Å². The Labute approximate surface area is 121 Å². The van der Waals surface area contributed by atoms with Crippen molar-refractivity contribution in [2.75, 3.05) is 6.54 Å². The van der Waals surface area contributed by atoms with Crippen LogP contribution in [0, 0.1) is 0 Å². The first-order chi connectivity index (χ1) is 8.78. The van der Waals surface area contributed by atoms with Crippen LogP contribution in [0.15, 0.2) is 12.1 Å². The molecule has 1 aromatic heterocycles. The average Bonchev–Trinajstić information content (AvgIpc) is 2.73. The van der Waals surface area contributed by atoms with E-state index in [4.69, 9.17) is 16.7 Å². The lowest BCUT2D eigenvalue weighted by Crippen LogP contribution is -2.55. The molecule has 7 heteroatoms. The summed E-state index contributed by atoms with van der Waals surface area (Å²) < 4.78 is 0.655. The summed E-state index contributed by atoms with van der Waals surface area (Å²) in [4.78, 5) is 25.4. The van der Waals surface area contributed by atoms with Crippen molar-refractivity contribution < 1.29 is 14.7 Å². The van der Waals surface area contributed by atoms with Gasteiger partial charge in [-0.25, -0.2) is 9.59 Å². The molecule has 0 saturated heterocycles. The van der Waals surface area contributed by atoms with Crippen LogP contribution >= 0.6 is 22.9 Å². The van der Waals surface area contributed by atoms with Gasteiger partial charge < -0.3 is 15.3 Å². The van der Waals surface area contributed by atoms with E-state index in [0.29, 0.717) is 17.4 Å². The quantitative estimate of drug-likeness (QED) is 0.879. The van der Waals surface area contributed by atoms with Crippen molar-refractivity contribution >= 4 is 34.9 Å². The van der Waals surface area contributed by atoms with E-state index in [1.807, 2.05) is 6.07 Å². The van der Waals surface area contributed by atoms with Gasteiger partial charge in [-0.15, -0.1) is 11.3 Å². The van der Waals surface area contributed by atoms with E-state index in [-0.39, 0.29) is 0 Å². The predicted molar refractivity (Wildman–Crippen MR) is 75.7 cm³/mol. The highest BCUT2D eigenvalue weighted by molar-refractivity contribution is 7.16. The lowest BCUT2D eigenvalue weighted by Gasteiger charge is -2.34. The van der Waals surface area contributed by atoms with Crippen LogP contribution in [0.1, 0.15) is 25.6 Å². The van der Waals surface area contributed by atoms with Crippen LogP contribution in [0.2, 0.25) is 4.34 Å². The van der Waals surface area contributed by atoms with Crippen LogP contribution in [0.5, 0.6) is 0 Å². The second-order valence-corrected chi connectivity index (χ2v) is 6.27. The summed E-state index contributed by atoms with van der Waals surface area (Å²) in [5.41, 5.74) is -1.24. The standard InChI is InChI=1S/C12H17ClN2O3S/c1-4-15(12(2,3)10(16)17)11(18)14-7-8-5-6-9(13)19-8/h5-6H,4,7H2,1-3H3,(H,14,18)(H,16,17). The largest absolute Gasteiger partial charge is 0.480 e. The lowest BCUT2D eigenvalue weighted by molar-refractivity contribution is -0.147. The van der Waals surface area contributed by atoms with E-state index in [9.17, 15) is 9.59 Å². The number of amides is 2. The van der Waals surface area contributed by atoms with E-state index >= 15 is 0 Å². The summed E-state index contributed by atoms with van der Waals surface area (Å²) >= 11 is 7.18. The predicted octanol–water partition coefficient (Wildman–Crippen LogP) is 2.80. The highest BCUT2D eigenvalue weighted by atomic mass is 35.5. The number of carboxylic acid groups (broad SMARTS) is 1. The Kier molecular flexibility index (Phi) is 5.20. The molecule has 0 radical (unpaired) electrons. The molecule has 0 aliphatic rings. The third-order valence-electron chi connectivity index (χ3n) is 2.80. The van der Waals surface area contributed by atoms with Crippen molar-refractivity contribution in [1.82, 2.24) is 10.2 Å². The van der Waals surface area contributed by atoms with Crippen LogP contribution in [0.3, 0.4) is 0 Å². The summed E-state index contributed by atoms with van der Waals surface area (Å²) in [6.45, 7) is 5.39. The van der Waals surface area contributed by atoms with Gasteiger partial charge in [0.25, 0.3) is 0 Å². The van der Waals surface area contributed by atoms with Gasteiger partial charge in [-0.2, -0.15) is 0 Å². The molecule has 19 heavy (non-hydrogen) atoms. The molecule has 1 rings (SSSR count). The Hall–Kier alpha value is -1.27. The zero-order valence-corrected chi connectivity index (χ0v) is 12.6. The summed E-state index contributed by atoms with van der Waals surface area (Å²) in [6, 6.07) is 3.18. The molecule has 0 atom stereocenters. The number of urea groups is 1. The van der Waals surface area contributed by atoms with Crippen LogP contribution in [-0.2, 0) is 11.3 Å². The van der Waals surface area contributed by atoms with E-state index in [1.54, 1.807) is 13.0 Å². The topological polar surface area (TPSA) is 69.6 Å². The number of carboxylic acids is 1. The van der Waals surface area contributed by atoms with Gasteiger partial charge in [0.05, 0.1) is 10.9 Å². The second kappa shape index (κ2) is 6.25. The fourth-order valence-corrected chi connectivity index (χ4v) is 2.64. The van der Waals surface area contributed by atoms with Crippen molar-refractivity contribution in [3.63, 3.8) is 0 Å². The Morgan fingerprint density at radius 2 is 2.11 bits per heavy atom. The van der Waals surface area contributed by atoms with Gasteiger partial charge in [-0.3, -0.25) is 0 Å². The molecule has 0 bridgehead atoms. The molecule has 106 valence electrons. The Morgan fingerprint density at radius 3 is 2.53 bits per heavy atom. The molecular weight excluding hydrogens is 288 g/mol. The zero-order valence-electron chi connectivity index (χ0n) is 11.1.